The normalized spacial score (nSPS) is 19.6. The molecule has 1 aliphatic rings. The molecule has 7 heteroatoms. The number of rotatable bonds is 5. The summed E-state index contributed by atoms with van der Waals surface area (Å²) in [5.41, 5.74) is 0. The second-order valence-electron chi connectivity index (χ2n) is 5.12. The van der Waals surface area contributed by atoms with E-state index in [1.54, 1.807) is 13.8 Å². The van der Waals surface area contributed by atoms with Crippen molar-refractivity contribution in [1.82, 2.24) is 8.61 Å². The van der Waals surface area contributed by atoms with E-state index in [-0.39, 0.29) is 6.04 Å². The van der Waals surface area contributed by atoms with Crippen molar-refractivity contribution in [3.05, 3.63) is 0 Å². The monoisotopic (exact) mass is 278 g/mol. The van der Waals surface area contributed by atoms with Crippen LogP contribution in [0.1, 0.15) is 33.6 Å². The zero-order valence-electron chi connectivity index (χ0n) is 11.2. The molecule has 1 rings (SSSR count). The van der Waals surface area contributed by atoms with Gasteiger partial charge in [-0.3, -0.25) is 4.79 Å². The molecule has 1 saturated heterocycles. The second-order valence-corrected chi connectivity index (χ2v) is 7.00. The first kappa shape index (κ1) is 15.4. The maximum Gasteiger partial charge on any atom is 0.318 e. The smallest absolute Gasteiger partial charge is 0.318 e. The maximum absolute atomic E-state index is 12.4. The largest absolute Gasteiger partial charge is 0.480 e. The number of piperidine rings is 1. The highest BCUT2D eigenvalue weighted by Crippen LogP contribution is 2.21. The van der Waals surface area contributed by atoms with Crippen LogP contribution in [-0.4, -0.2) is 53.8 Å². The molecule has 0 spiro atoms. The predicted molar refractivity (Wildman–Crippen MR) is 68.4 cm³/mol. The Bertz CT molecular complexity index is 386. The Morgan fingerprint density at radius 3 is 2.28 bits per heavy atom. The molecule has 0 aliphatic carbocycles. The Kier molecular flexibility index (Phi) is 5.12. The molecule has 0 saturated carbocycles. The van der Waals surface area contributed by atoms with E-state index in [0.717, 1.165) is 17.1 Å². The van der Waals surface area contributed by atoms with Gasteiger partial charge in [-0.15, -0.1) is 0 Å². The number of aliphatic carboxylic acids is 1. The van der Waals surface area contributed by atoms with Crippen LogP contribution in [0.25, 0.3) is 0 Å². The van der Waals surface area contributed by atoms with Gasteiger partial charge < -0.3 is 5.11 Å². The highest BCUT2D eigenvalue weighted by atomic mass is 32.2. The van der Waals surface area contributed by atoms with Crippen molar-refractivity contribution in [2.24, 2.45) is 5.92 Å². The zero-order valence-corrected chi connectivity index (χ0v) is 12.0. The Hall–Kier alpha value is -0.660. The van der Waals surface area contributed by atoms with Gasteiger partial charge in [-0.1, -0.05) is 6.92 Å². The topological polar surface area (TPSA) is 77.9 Å². The van der Waals surface area contributed by atoms with Crippen LogP contribution in [0.15, 0.2) is 0 Å². The molecule has 0 radical (unpaired) electrons. The first-order chi connectivity index (χ1) is 8.25. The molecule has 1 fully saturated rings. The summed E-state index contributed by atoms with van der Waals surface area (Å²) in [6.45, 7) is 5.95. The van der Waals surface area contributed by atoms with Gasteiger partial charge in [-0.2, -0.15) is 17.0 Å². The van der Waals surface area contributed by atoms with Crippen molar-refractivity contribution in [3.8, 4) is 0 Å². The lowest BCUT2D eigenvalue weighted by molar-refractivity contribution is -0.137. The van der Waals surface area contributed by atoms with E-state index in [9.17, 15) is 13.2 Å². The molecule has 6 nitrogen and oxygen atoms in total. The van der Waals surface area contributed by atoms with Gasteiger partial charge in [0.1, 0.15) is 6.54 Å². The minimum Gasteiger partial charge on any atom is -0.480 e. The molecule has 0 unspecified atom stereocenters. The molecular formula is C11H22N2O4S. The molecule has 1 aliphatic heterocycles. The molecule has 0 atom stereocenters. The van der Waals surface area contributed by atoms with Crippen LogP contribution < -0.4 is 0 Å². The molecule has 1 N–H and O–H groups in total. The van der Waals surface area contributed by atoms with Crippen molar-refractivity contribution in [3.63, 3.8) is 0 Å². The van der Waals surface area contributed by atoms with Crippen LogP contribution in [0.4, 0.5) is 0 Å². The van der Waals surface area contributed by atoms with Gasteiger partial charge in [0, 0.05) is 19.1 Å². The Labute approximate surface area is 109 Å². The van der Waals surface area contributed by atoms with Crippen LogP contribution in [0, 0.1) is 5.92 Å². The van der Waals surface area contributed by atoms with Crippen molar-refractivity contribution in [2.45, 2.75) is 39.7 Å². The SMILES string of the molecule is CC1CCN(S(=O)(=O)N(CC(=O)O)C(C)C)CC1. The molecular weight excluding hydrogens is 256 g/mol. The first-order valence-corrected chi connectivity index (χ1v) is 7.63. The highest BCUT2D eigenvalue weighted by Gasteiger charge is 2.34. The number of carbonyl (C=O) groups is 1. The van der Waals surface area contributed by atoms with E-state index in [4.69, 9.17) is 5.11 Å². The minimum atomic E-state index is -3.66. The minimum absolute atomic E-state index is 0.356. The predicted octanol–water partition coefficient (Wildman–Crippen LogP) is 0.758. The fourth-order valence-electron chi connectivity index (χ4n) is 2.03. The van der Waals surface area contributed by atoms with Crippen LogP contribution in [0.5, 0.6) is 0 Å². The second kappa shape index (κ2) is 5.99. The van der Waals surface area contributed by atoms with Gasteiger partial charge in [0.25, 0.3) is 10.2 Å². The zero-order chi connectivity index (χ0) is 13.9. The summed E-state index contributed by atoms with van der Waals surface area (Å²) in [7, 11) is -3.66. The van der Waals surface area contributed by atoms with Crippen LogP contribution in [-0.2, 0) is 15.0 Å². The fraction of sp³-hybridized carbons (Fsp3) is 0.909. The number of hydrogen-bond acceptors (Lipinski definition) is 3. The van der Waals surface area contributed by atoms with E-state index in [0.29, 0.717) is 19.0 Å². The van der Waals surface area contributed by atoms with Crippen molar-refractivity contribution < 1.29 is 18.3 Å². The summed E-state index contributed by atoms with van der Waals surface area (Å²) in [4.78, 5) is 10.8. The number of hydrogen-bond donors (Lipinski definition) is 1. The average Bonchev–Trinajstić information content (AvgIpc) is 2.25. The van der Waals surface area contributed by atoms with Gasteiger partial charge in [0.15, 0.2) is 0 Å². The maximum atomic E-state index is 12.4. The molecule has 0 aromatic carbocycles. The standard InChI is InChI=1S/C11H22N2O4S/c1-9(2)13(8-11(14)15)18(16,17)12-6-4-10(3)5-7-12/h9-10H,4-8H2,1-3H3,(H,14,15). The lowest BCUT2D eigenvalue weighted by atomic mass is 10.0. The molecule has 0 aromatic heterocycles. The lowest BCUT2D eigenvalue weighted by Crippen LogP contribution is -2.50. The molecule has 106 valence electrons. The Balaban J connectivity index is 2.84. The molecule has 0 bridgehead atoms. The van der Waals surface area contributed by atoms with Gasteiger partial charge in [0.2, 0.25) is 0 Å². The summed E-state index contributed by atoms with van der Waals surface area (Å²) >= 11 is 0. The third-order valence-corrected chi connectivity index (χ3v) is 5.39. The summed E-state index contributed by atoms with van der Waals surface area (Å²) in [6, 6.07) is -0.356. The number of carboxylic acid groups (broad SMARTS) is 1. The van der Waals surface area contributed by atoms with E-state index < -0.39 is 22.7 Å². The van der Waals surface area contributed by atoms with E-state index in [2.05, 4.69) is 6.92 Å². The van der Waals surface area contributed by atoms with Crippen LogP contribution in [0.3, 0.4) is 0 Å². The quantitative estimate of drug-likeness (QED) is 0.805. The van der Waals surface area contributed by atoms with Crippen molar-refractivity contribution in [1.29, 1.82) is 0 Å². The van der Waals surface area contributed by atoms with Gasteiger partial charge in [-0.05, 0) is 32.6 Å². The third kappa shape index (κ3) is 3.66. The summed E-state index contributed by atoms with van der Waals surface area (Å²) in [6.07, 6.45) is 1.66. The lowest BCUT2D eigenvalue weighted by Gasteiger charge is -2.34. The number of nitrogens with zero attached hydrogens (tertiary/aromatic N) is 2. The van der Waals surface area contributed by atoms with Crippen LogP contribution >= 0.6 is 0 Å². The third-order valence-electron chi connectivity index (χ3n) is 3.23. The Morgan fingerprint density at radius 2 is 1.89 bits per heavy atom. The molecule has 0 aromatic rings. The molecule has 18 heavy (non-hydrogen) atoms. The van der Waals surface area contributed by atoms with Crippen LogP contribution in [0.2, 0.25) is 0 Å². The molecule has 1 heterocycles. The summed E-state index contributed by atoms with van der Waals surface area (Å²) < 4.78 is 27.2. The Morgan fingerprint density at radius 1 is 1.39 bits per heavy atom. The van der Waals surface area contributed by atoms with Crippen molar-refractivity contribution >= 4 is 16.2 Å². The first-order valence-electron chi connectivity index (χ1n) is 6.24. The molecule has 0 amide bonds. The fourth-order valence-corrected chi connectivity index (χ4v) is 3.80. The van der Waals surface area contributed by atoms with E-state index in [1.807, 2.05) is 0 Å². The van der Waals surface area contributed by atoms with Gasteiger partial charge in [0.05, 0.1) is 0 Å². The van der Waals surface area contributed by atoms with E-state index >= 15 is 0 Å². The number of carboxylic acids is 1. The van der Waals surface area contributed by atoms with Crippen molar-refractivity contribution in [2.75, 3.05) is 19.6 Å². The average molecular weight is 278 g/mol. The van der Waals surface area contributed by atoms with Gasteiger partial charge in [-0.25, -0.2) is 0 Å². The van der Waals surface area contributed by atoms with Gasteiger partial charge >= 0.3 is 5.97 Å². The highest BCUT2D eigenvalue weighted by molar-refractivity contribution is 7.86. The summed E-state index contributed by atoms with van der Waals surface area (Å²) in [5, 5.41) is 8.81. The summed E-state index contributed by atoms with van der Waals surface area (Å²) in [5.74, 6) is -0.596. The van der Waals surface area contributed by atoms with E-state index in [1.165, 1.54) is 4.31 Å².